The smallest absolute Gasteiger partial charge is 0.270 e. The maximum atomic E-state index is 12.0. The van der Waals surface area contributed by atoms with Crippen molar-refractivity contribution in [1.29, 1.82) is 0 Å². The lowest BCUT2D eigenvalue weighted by atomic mass is 10.1. The quantitative estimate of drug-likeness (QED) is 0.358. The number of nitro benzene ring substituents is 1. The molecule has 0 aliphatic rings. The summed E-state index contributed by atoms with van der Waals surface area (Å²) in [6, 6.07) is 5.15. The van der Waals surface area contributed by atoms with Crippen molar-refractivity contribution < 1.29 is 19.3 Å². The van der Waals surface area contributed by atoms with Gasteiger partial charge in [-0.15, -0.1) is 0 Å². The van der Waals surface area contributed by atoms with Gasteiger partial charge in [0.25, 0.3) is 5.69 Å². The summed E-state index contributed by atoms with van der Waals surface area (Å²) in [6.45, 7) is -0.930. The SMILES string of the molecule is NC(=O)CN(CC(N)=O)CC(=O)c1cccc([N+](=O)[O-])c1. The van der Waals surface area contributed by atoms with Crippen LogP contribution in [-0.2, 0) is 9.59 Å². The molecule has 0 fully saturated rings. The van der Waals surface area contributed by atoms with Gasteiger partial charge in [-0.1, -0.05) is 12.1 Å². The van der Waals surface area contributed by atoms with Gasteiger partial charge in [-0.2, -0.15) is 0 Å². The average Bonchev–Trinajstić information content (AvgIpc) is 2.37. The van der Waals surface area contributed by atoms with Gasteiger partial charge >= 0.3 is 0 Å². The Balaban J connectivity index is 2.85. The van der Waals surface area contributed by atoms with Crippen molar-refractivity contribution in [3.63, 3.8) is 0 Å². The Labute approximate surface area is 119 Å². The molecule has 0 atom stereocenters. The summed E-state index contributed by atoms with van der Waals surface area (Å²) in [6.07, 6.45) is 0. The maximum absolute atomic E-state index is 12.0. The van der Waals surface area contributed by atoms with Gasteiger partial charge in [0.1, 0.15) is 0 Å². The highest BCUT2D eigenvalue weighted by molar-refractivity contribution is 5.98. The van der Waals surface area contributed by atoms with Gasteiger partial charge in [0.15, 0.2) is 5.78 Å². The number of primary amides is 2. The van der Waals surface area contributed by atoms with Crippen LogP contribution in [0.15, 0.2) is 24.3 Å². The van der Waals surface area contributed by atoms with Crippen LogP contribution in [0.3, 0.4) is 0 Å². The molecule has 0 aromatic heterocycles. The normalized spacial score (nSPS) is 10.3. The second-order valence-corrected chi connectivity index (χ2v) is 4.31. The number of carbonyl (C=O) groups excluding carboxylic acids is 3. The number of carbonyl (C=O) groups is 3. The zero-order chi connectivity index (χ0) is 16.0. The first-order valence-electron chi connectivity index (χ1n) is 5.86. The van der Waals surface area contributed by atoms with E-state index in [-0.39, 0.29) is 30.9 Å². The second-order valence-electron chi connectivity index (χ2n) is 4.31. The van der Waals surface area contributed by atoms with E-state index < -0.39 is 22.5 Å². The number of Topliss-reactive ketones (excluding diaryl/α,β-unsaturated/α-hetero) is 1. The second kappa shape index (κ2) is 7.10. The molecule has 0 unspecified atom stereocenters. The van der Waals surface area contributed by atoms with Crippen LogP contribution in [0, 0.1) is 10.1 Å². The van der Waals surface area contributed by atoms with Gasteiger partial charge < -0.3 is 11.5 Å². The predicted octanol–water partition coefficient (Wildman–Crippen LogP) is -0.950. The summed E-state index contributed by atoms with van der Waals surface area (Å²) in [5.41, 5.74) is 9.90. The highest BCUT2D eigenvalue weighted by Gasteiger charge is 2.18. The summed E-state index contributed by atoms with van der Waals surface area (Å²) in [5.74, 6) is -1.92. The molecule has 0 spiro atoms. The number of nitrogens with zero attached hydrogens (tertiary/aromatic N) is 2. The van der Waals surface area contributed by atoms with E-state index in [4.69, 9.17) is 11.5 Å². The van der Waals surface area contributed by atoms with E-state index in [2.05, 4.69) is 0 Å². The van der Waals surface area contributed by atoms with E-state index in [9.17, 15) is 24.5 Å². The van der Waals surface area contributed by atoms with E-state index in [0.29, 0.717) is 0 Å². The van der Waals surface area contributed by atoms with Crippen molar-refractivity contribution in [3.05, 3.63) is 39.9 Å². The van der Waals surface area contributed by atoms with Crippen LogP contribution in [-0.4, -0.2) is 47.1 Å². The molecule has 0 saturated carbocycles. The number of hydrogen-bond acceptors (Lipinski definition) is 6. The number of rotatable bonds is 8. The molecule has 0 aliphatic carbocycles. The third kappa shape index (κ3) is 5.37. The molecule has 1 aromatic rings. The summed E-state index contributed by atoms with van der Waals surface area (Å²) in [7, 11) is 0. The molecule has 21 heavy (non-hydrogen) atoms. The molecule has 0 saturated heterocycles. The fourth-order valence-electron chi connectivity index (χ4n) is 1.70. The van der Waals surface area contributed by atoms with E-state index in [0.717, 1.165) is 6.07 Å². The van der Waals surface area contributed by atoms with Crippen molar-refractivity contribution in [2.75, 3.05) is 19.6 Å². The molecule has 0 radical (unpaired) electrons. The predicted molar refractivity (Wildman–Crippen MR) is 72.3 cm³/mol. The van der Waals surface area contributed by atoms with Crippen LogP contribution >= 0.6 is 0 Å². The van der Waals surface area contributed by atoms with Gasteiger partial charge in [-0.05, 0) is 0 Å². The first-order valence-corrected chi connectivity index (χ1v) is 5.86. The molecule has 112 valence electrons. The molecule has 0 bridgehead atoms. The first kappa shape index (κ1) is 16.2. The highest BCUT2D eigenvalue weighted by Crippen LogP contribution is 2.13. The monoisotopic (exact) mass is 294 g/mol. The number of nitro groups is 1. The Kier molecular flexibility index (Phi) is 5.49. The fourth-order valence-corrected chi connectivity index (χ4v) is 1.70. The average molecular weight is 294 g/mol. The van der Waals surface area contributed by atoms with Crippen molar-refractivity contribution in [3.8, 4) is 0 Å². The van der Waals surface area contributed by atoms with Crippen LogP contribution in [0.2, 0.25) is 0 Å². The summed E-state index contributed by atoms with van der Waals surface area (Å²) >= 11 is 0. The Morgan fingerprint density at radius 3 is 2.14 bits per heavy atom. The Morgan fingerprint density at radius 2 is 1.67 bits per heavy atom. The van der Waals surface area contributed by atoms with Gasteiger partial charge in [0.05, 0.1) is 24.6 Å². The van der Waals surface area contributed by atoms with E-state index in [1.165, 1.54) is 23.1 Å². The zero-order valence-electron chi connectivity index (χ0n) is 11.0. The summed E-state index contributed by atoms with van der Waals surface area (Å²) in [4.78, 5) is 45.0. The van der Waals surface area contributed by atoms with Gasteiger partial charge in [-0.25, -0.2) is 0 Å². The highest BCUT2D eigenvalue weighted by atomic mass is 16.6. The zero-order valence-corrected chi connectivity index (χ0v) is 11.0. The number of hydrogen-bond donors (Lipinski definition) is 2. The van der Waals surface area contributed by atoms with Gasteiger partial charge in [-0.3, -0.25) is 29.4 Å². The molecule has 0 heterocycles. The molecule has 1 aromatic carbocycles. The lowest BCUT2D eigenvalue weighted by Gasteiger charge is -2.17. The van der Waals surface area contributed by atoms with Crippen molar-refractivity contribution in [2.24, 2.45) is 11.5 Å². The molecular formula is C12H14N4O5. The Bertz CT molecular complexity index is 571. The molecule has 9 nitrogen and oxygen atoms in total. The standard InChI is InChI=1S/C12H14N4O5/c13-11(18)6-15(7-12(14)19)5-10(17)8-2-1-3-9(4-8)16(20)21/h1-4H,5-7H2,(H2,13,18)(H2,14,19). The number of ketones is 1. The van der Waals surface area contributed by atoms with Crippen LogP contribution < -0.4 is 11.5 Å². The lowest BCUT2D eigenvalue weighted by molar-refractivity contribution is -0.384. The number of amides is 2. The molecule has 4 N–H and O–H groups in total. The van der Waals surface area contributed by atoms with Crippen LogP contribution in [0.5, 0.6) is 0 Å². The third-order valence-electron chi connectivity index (χ3n) is 2.51. The topological polar surface area (TPSA) is 150 Å². The summed E-state index contributed by atoms with van der Waals surface area (Å²) < 4.78 is 0. The summed E-state index contributed by atoms with van der Waals surface area (Å²) in [5, 5.41) is 10.7. The van der Waals surface area contributed by atoms with E-state index in [1.54, 1.807) is 0 Å². The van der Waals surface area contributed by atoms with E-state index >= 15 is 0 Å². The van der Waals surface area contributed by atoms with Crippen LogP contribution in [0.1, 0.15) is 10.4 Å². The number of non-ortho nitro benzene ring substituents is 1. The number of benzene rings is 1. The maximum Gasteiger partial charge on any atom is 0.270 e. The van der Waals surface area contributed by atoms with Gasteiger partial charge in [0, 0.05) is 17.7 Å². The van der Waals surface area contributed by atoms with E-state index in [1.807, 2.05) is 0 Å². The molecular weight excluding hydrogens is 280 g/mol. The minimum absolute atomic E-state index is 0.100. The minimum Gasteiger partial charge on any atom is -0.369 e. The van der Waals surface area contributed by atoms with Crippen LogP contribution in [0.4, 0.5) is 5.69 Å². The fraction of sp³-hybridized carbons (Fsp3) is 0.250. The molecule has 2 amide bonds. The third-order valence-corrected chi connectivity index (χ3v) is 2.51. The Hall–Kier alpha value is -2.81. The lowest BCUT2D eigenvalue weighted by Crippen LogP contribution is -2.42. The molecule has 1 rings (SSSR count). The Morgan fingerprint density at radius 1 is 1.10 bits per heavy atom. The number of nitrogens with two attached hydrogens (primary N) is 2. The van der Waals surface area contributed by atoms with Crippen molar-refractivity contribution in [1.82, 2.24) is 4.90 Å². The van der Waals surface area contributed by atoms with Crippen LogP contribution in [0.25, 0.3) is 0 Å². The van der Waals surface area contributed by atoms with Crippen molar-refractivity contribution >= 4 is 23.3 Å². The minimum atomic E-state index is -0.719. The van der Waals surface area contributed by atoms with Crippen molar-refractivity contribution in [2.45, 2.75) is 0 Å². The van der Waals surface area contributed by atoms with Gasteiger partial charge in [0.2, 0.25) is 11.8 Å². The molecule has 0 aliphatic heterocycles. The largest absolute Gasteiger partial charge is 0.369 e. The first-order chi connectivity index (χ1) is 9.79. The molecule has 9 heteroatoms.